The highest BCUT2D eigenvalue weighted by atomic mass is 16.7. The second-order valence-corrected chi connectivity index (χ2v) is 3.84. The summed E-state index contributed by atoms with van der Waals surface area (Å²) < 4.78 is 15.5. The van der Waals surface area contributed by atoms with E-state index >= 15 is 0 Å². The van der Waals surface area contributed by atoms with Crippen LogP contribution in [0.2, 0.25) is 0 Å². The molecule has 0 aliphatic carbocycles. The maximum atomic E-state index is 11.0. The van der Waals surface area contributed by atoms with E-state index in [0.717, 1.165) is 12.8 Å². The average Bonchev–Trinajstić information content (AvgIpc) is 2.77. The maximum absolute atomic E-state index is 11.0. The van der Waals surface area contributed by atoms with Gasteiger partial charge in [-0.3, -0.25) is 0 Å². The van der Waals surface area contributed by atoms with Gasteiger partial charge in [0.05, 0.1) is 19.8 Å². The molecule has 0 aromatic carbocycles. The molecule has 1 fully saturated rings. The standard InChI is InChI=1S/C12H20O4/c1-3-14-11(13)6-4-10(2)5-7-12-15-8-9-16-12/h4,6,10,12H,3,5,7-9H2,1-2H3/b6-4+/t10-/m1/s1. The lowest BCUT2D eigenvalue weighted by molar-refractivity contribution is -0.137. The SMILES string of the molecule is CCOC(=O)/C=C/[C@@H](C)CCC1OCCO1. The molecule has 0 radical (unpaired) electrons. The van der Waals surface area contributed by atoms with Gasteiger partial charge in [0.2, 0.25) is 0 Å². The molecule has 0 saturated carbocycles. The van der Waals surface area contributed by atoms with Crippen LogP contribution in [0.3, 0.4) is 0 Å². The zero-order valence-electron chi connectivity index (χ0n) is 9.98. The zero-order chi connectivity index (χ0) is 11.8. The topological polar surface area (TPSA) is 44.8 Å². The number of hydrogen-bond donors (Lipinski definition) is 0. The minimum Gasteiger partial charge on any atom is -0.463 e. The molecule has 1 aliphatic rings. The van der Waals surface area contributed by atoms with Gasteiger partial charge >= 0.3 is 5.97 Å². The van der Waals surface area contributed by atoms with E-state index in [-0.39, 0.29) is 12.3 Å². The quantitative estimate of drug-likeness (QED) is 0.514. The van der Waals surface area contributed by atoms with Crippen molar-refractivity contribution in [2.24, 2.45) is 5.92 Å². The number of carbonyl (C=O) groups excluding carboxylic acids is 1. The summed E-state index contributed by atoms with van der Waals surface area (Å²) in [4.78, 5) is 11.0. The van der Waals surface area contributed by atoms with Crippen LogP contribution in [0.5, 0.6) is 0 Å². The lowest BCUT2D eigenvalue weighted by atomic mass is 10.1. The summed E-state index contributed by atoms with van der Waals surface area (Å²) in [7, 11) is 0. The first-order valence-corrected chi connectivity index (χ1v) is 5.80. The smallest absolute Gasteiger partial charge is 0.330 e. The first-order chi connectivity index (χ1) is 7.72. The minimum absolute atomic E-state index is 0.0570. The molecule has 0 unspecified atom stereocenters. The molecule has 0 amide bonds. The van der Waals surface area contributed by atoms with Crippen molar-refractivity contribution in [2.75, 3.05) is 19.8 Å². The summed E-state index contributed by atoms with van der Waals surface area (Å²) in [5, 5.41) is 0. The van der Waals surface area contributed by atoms with Crippen molar-refractivity contribution in [1.29, 1.82) is 0 Å². The maximum Gasteiger partial charge on any atom is 0.330 e. The van der Waals surface area contributed by atoms with Gasteiger partial charge in [-0.15, -0.1) is 0 Å². The number of rotatable bonds is 6. The average molecular weight is 228 g/mol. The van der Waals surface area contributed by atoms with Crippen molar-refractivity contribution in [1.82, 2.24) is 0 Å². The van der Waals surface area contributed by atoms with Crippen molar-refractivity contribution in [2.45, 2.75) is 33.0 Å². The van der Waals surface area contributed by atoms with Crippen LogP contribution in [0.1, 0.15) is 26.7 Å². The van der Waals surface area contributed by atoms with E-state index in [1.54, 1.807) is 6.92 Å². The third kappa shape index (κ3) is 5.28. The van der Waals surface area contributed by atoms with Crippen LogP contribution in [0, 0.1) is 5.92 Å². The fourth-order valence-electron chi connectivity index (χ4n) is 1.50. The third-order valence-electron chi connectivity index (χ3n) is 2.40. The molecule has 92 valence electrons. The Balaban J connectivity index is 2.13. The van der Waals surface area contributed by atoms with Gasteiger partial charge in [-0.1, -0.05) is 13.0 Å². The van der Waals surface area contributed by atoms with Crippen LogP contribution >= 0.6 is 0 Å². The summed E-state index contributed by atoms with van der Waals surface area (Å²) in [6, 6.07) is 0. The zero-order valence-corrected chi connectivity index (χ0v) is 9.98. The first-order valence-electron chi connectivity index (χ1n) is 5.80. The number of hydrogen-bond acceptors (Lipinski definition) is 4. The van der Waals surface area contributed by atoms with E-state index in [1.165, 1.54) is 6.08 Å². The second kappa shape index (κ2) is 7.41. The van der Waals surface area contributed by atoms with E-state index in [1.807, 2.05) is 6.08 Å². The van der Waals surface area contributed by atoms with Crippen LogP contribution in [0.25, 0.3) is 0 Å². The highest BCUT2D eigenvalue weighted by Gasteiger charge is 2.15. The highest BCUT2D eigenvalue weighted by molar-refractivity contribution is 5.81. The predicted octanol–water partition coefficient (Wildman–Crippen LogP) is 1.89. The van der Waals surface area contributed by atoms with Crippen LogP contribution in [0.4, 0.5) is 0 Å². The summed E-state index contributed by atoms with van der Waals surface area (Å²) in [5.41, 5.74) is 0. The molecule has 0 N–H and O–H groups in total. The molecule has 0 aromatic heterocycles. The Morgan fingerprint density at radius 3 is 2.81 bits per heavy atom. The van der Waals surface area contributed by atoms with Crippen LogP contribution in [-0.4, -0.2) is 32.1 Å². The summed E-state index contributed by atoms with van der Waals surface area (Å²) in [6.45, 7) is 5.66. The van der Waals surface area contributed by atoms with Gasteiger partial charge in [0.1, 0.15) is 0 Å². The Labute approximate surface area is 96.6 Å². The van der Waals surface area contributed by atoms with E-state index in [0.29, 0.717) is 25.7 Å². The summed E-state index contributed by atoms with van der Waals surface area (Å²) in [6.07, 6.45) is 5.12. The lowest BCUT2D eigenvalue weighted by Gasteiger charge is -2.10. The van der Waals surface area contributed by atoms with Crippen molar-refractivity contribution >= 4 is 5.97 Å². The molecule has 1 aliphatic heterocycles. The Bertz CT molecular complexity index is 231. The Hall–Kier alpha value is -0.870. The van der Waals surface area contributed by atoms with Crippen molar-refractivity contribution < 1.29 is 19.0 Å². The molecule has 0 bridgehead atoms. The Morgan fingerprint density at radius 1 is 1.50 bits per heavy atom. The van der Waals surface area contributed by atoms with Gasteiger partial charge in [-0.25, -0.2) is 4.79 Å². The predicted molar refractivity (Wildman–Crippen MR) is 59.9 cm³/mol. The van der Waals surface area contributed by atoms with E-state index in [9.17, 15) is 4.79 Å². The normalized spacial score (nSPS) is 19.1. The molecular formula is C12H20O4. The number of ether oxygens (including phenoxy) is 3. The van der Waals surface area contributed by atoms with Crippen molar-refractivity contribution in [3.63, 3.8) is 0 Å². The molecular weight excluding hydrogens is 208 g/mol. The summed E-state index contributed by atoms with van der Waals surface area (Å²) >= 11 is 0. The molecule has 16 heavy (non-hydrogen) atoms. The lowest BCUT2D eigenvalue weighted by Crippen LogP contribution is -2.09. The molecule has 1 saturated heterocycles. The van der Waals surface area contributed by atoms with Gasteiger partial charge in [0.15, 0.2) is 6.29 Å². The van der Waals surface area contributed by atoms with E-state index in [2.05, 4.69) is 6.92 Å². The van der Waals surface area contributed by atoms with Crippen molar-refractivity contribution in [3.8, 4) is 0 Å². The molecule has 0 spiro atoms. The van der Waals surface area contributed by atoms with Gasteiger partial charge < -0.3 is 14.2 Å². The molecule has 1 heterocycles. The van der Waals surface area contributed by atoms with Crippen LogP contribution in [-0.2, 0) is 19.0 Å². The highest BCUT2D eigenvalue weighted by Crippen LogP contribution is 2.15. The van der Waals surface area contributed by atoms with Gasteiger partial charge in [0, 0.05) is 6.08 Å². The fraction of sp³-hybridized carbons (Fsp3) is 0.750. The number of carbonyl (C=O) groups is 1. The van der Waals surface area contributed by atoms with E-state index < -0.39 is 0 Å². The molecule has 0 aromatic rings. The minimum atomic E-state index is -0.275. The third-order valence-corrected chi connectivity index (χ3v) is 2.40. The Kier molecular flexibility index (Phi) is 6.11. The van der Waals surface area contributed by atoms with Crippen molar-refractivity contribution in [3.05, 3.63) is 12.2 Å². The number of allylic oxidation sites excluding steroid dienone is 1. The molecule has 1 rings (SSSR count). The fourth-order valence-corrected chi connectivity index (χ4v) is 1.50. The monoisotopic (exact) mass is 228 g/mol. The van der Waals surface area contributed by atoms with Gasteiger partial charge in [-0.05, 0) is 25.7 Å². The Morgan fingerprint density at radius 2 is 2.19 bits per heavy atom. The molecule has 4 heteroatoms. The second-order valence-electron chi connectivity index (χ2n) is 3.84. The largest absolute Gasteiger partial charge is 0.463 e. The first kappa shape index (κ1) is 13.2. The van der Waals surface area contributed by atoms with Crippen LogP contribution < -0.4 is 0 Å². The van der Waals surface area contributed by atoms with Crippen LogP contribution in [0.15, 0.2) is 12.2 Å². The molecule has 1 atom stereocenters. The van der Waals surface area contributed by atoms with E-state index in [4.69, 9.17) is 14.2 Å². The summed E-state index contributed by atoms with van der Waals surface area (Å²) in [5.74, 6) is 0.0555. The van der Waals surface area contributed by atoms with Gasteiger partial charge in [0.25, 0.3) is 0 Å². The number of esters is 1. The van der Waals surface area contributed by atoms with Gasteiger partial charge in [-0.2, -0.15) is 0 Å². The molecule has 4 nitrogen and oxygen atoms in total.